The second kappa shape index (κ2) is 6.77. The van der Waals surface area contributed by atoms with E-state index in [1.807, 2.05) is 6.07 Å². The van der Waals surface area contributed by atoms with Crippen LogP contribution in [0.4, 0.5) is 0 Å². The first kappa shape index (κ1) is 14.8. The second-order valence-corrected chi connectivity index (χ2v) is 6.44. The summed E-state index contributed by atoms with van der Waals surface area (Å²) in [7, 11) is 0. The van der Waals surface area contributed by atoms with Gasteiger partial charge in [-0.1, -0.05) is 12.1 Å². The van der Waals surface area contributed by atoms with Crippen LogP contribution in [0.1, 0.15) is 19.4 Å². The van der Waals surface area contributed by atoms with Gasteiger partial charge in [0.25, 0.3) is 0 Å². The van der Waals surface area contributed by atoms with Gasteiger partial charge < -0.3 is 10.1 Å². The smallest absolute Gasteiger partial charge is 0.120 e. The van der Waals surface area contributed by atoms with Crippen molar-refractivity contribution in [3.63, 3.8) is 0 Å². The van der Waals surface area contributed by atoms with Crippen molar-refractivity contribution >= 4 is 0 Å². The summed E-state index contributed by atoms with van der Waals surface area (Å²) < 4.78 is 5.78. The van der Waals surface area contributed by atoms with Crippen LogP contribution in [-0.2, 0) is 6.54 Å². The molecule has 1 N–H and O–H groups in total. The van der Waals surface area contributed by atoms with Crippen LogP contribution >= 0.6 is 0 Å². The summed E-state index contributed by atoms with van der Waals surface area (Å²) in [5, 5.41) is 3.36. The SMILES string of the molecule is CC(C)Oc1cccc(CN2CCN(C3CNC3)CC2)c1. The Morgan fingerprint density at radius 3 is 2.57 bits per heavy atom. The topological polar surface area (TPSA) is 27.7 Å². The van der Waals surface area contributed by atoms with Crippen molar-refractivity contribution in [1.82, 2.24) is 15.1 Å². The van der Waals surface area contributed by atoms with E-state index in [1.165, 1.54) is 44.8 Å². The van der Waals surface area contributed by atoms with Crippen molar-refractivity contribution in [1.29, 1.82) is 0 Å². The average Bonchev–Trinajstić information content (AvgIpc) is 2.39. The molecule has 3 rings (SSSR count). The van der Waals surface area contributed by atoms with Gasteiger partial charge in [0.2, 0.25) is 0 Å². The molecule has 0 spiro atoms. The number of ether oxygens (including phenoxy) is 1. The molecule has 2 aliphatic heterocycles. The summed E-state index contributed by atoms with van der Waals surface area (Å²) in [6, 6.07) is 9.32. The number of nitrogens with zero attached hydrogens (tertiary/aromatic N) is 2. The lowest BCUT2D eigenvalue weighted by Crippen LogP contribution is -2.61. The molecule has 1 aromatic carbocycles. The van der Waals surface area contributed by atoms with Crippen molar-refractivity contribution in [2.45, 2.75) is 32.5 Å². The molecular formula is C17H27N3O. The third kappa shape index (κ3) is 3.96. The quantitative estimate of drug-likeness (QED) is 0.890. The van der Waals surface area contributed by atoms with Gasteiger partial charge in [0.1, 0.15) is 5.75 Å². The lowest BCUT2D eigenvalue weighted by molar-refractivity contribution is 0.0695. The summed E-state index contributed by atoms with van der Waals surface area (Å²) in [4.78, 5) is 5.18. The fourth-order valence-electron chi connectivity index (χ4n) is 3.07. The molecule has 0 unspecified atom stereocenters. The van der Waals surface area contributed by atoms with E-state index in [0.29, 0.717) is 0 Å². The molecule has 2 fully saturated rings. The van der Waals surface area contributed by atoms with Gasteiger partial charge in [-0.15, -0.1) is 0 Å². The number of hydrogen-bond acceptors (Lipinski definition) is 4. The molecule has 4 nitrogen and oxygen atoms in total. The van der Waals surface area contributed by atoms with Crippen LogP contribution in [-0.4, -0.2) is 61.2 Å². The maximum Gasteiger partial charge on any atom is 0.120 e. The summed E-state index contributed by atoms with van der Waals surface area (Å²) in [5.74, 6) is 0.988. The Morgan fingerprint density at radius 2 is 1.95 bits per heavy atom. The van der Waals surface area contributed by atoms with E-state index in [4.69, 9.17) is 4.74 Å². The van der Waals surface area contributed by atoms with Gasteiger partial charge >= 0.3 is 0 Å². The predicted octanol–water partition coefficient (Wildman–Crippen LogP) is 1.56. The van der Waals surface area contributed by atoms with Crippen molar-refractivity contribution in [2.24, 2.45) is 0 Å². The Labute approximate surface area is 128 Å². The first-order valence-electron chi connectivity index (χ1n) is 8.13. The first-order valence-corrected chi connectivity index (χ1v) is 8.13. The molecule has 0 saturated carbocycles. The molecular weight excluding hydrogens is 262 g/mol. The fraction of sp³-hybridized carbons (Fsp3) is 0.647. The molecule has 0 radical (unpaired) electrons. The maximum absolute atomic E-state index is 5.78. The van der Waals surface area contributed by atoms with Crippen molar-refractivity contribution in [2.75, 3.05) is 39.3 Å². The highest BCUT2D eigenvalue weighted by Gasteiger charge is 2.27. The zero-order chi connectivity index (χ0) is 14.7. The predicted molar refractivity (Wildman–Crippen MR) is 85.7 cm³/mol. The lowest BCUT2D eigenvalue weighted by atomic mass is 10.1. The van der Waals surface area contributed by atoms with E-state index in [2.05, 4.69) is 47.2 Å². The monoisotopic (exact) mass is 289 g/mol. The Bertz CT molecular complexity index is 451. The van der Waals surface area contributed by atoms with Gasteiger partial charge in [-0.05, 0) is 31.5 Å². The molecule has 4 heteroatoms. The van der Waals surface area contributed by atoms with Gasteiger partial charge in [0.05, 0.1) is 6.10 Å². The highest BCUT2D eigenvalue weighted by molar-refractivity contribution is 5.28. The van der Waals surface area contributed by atoms with Crippen LogP contribution in [0.15, 0.2) is 24.3 Å². The molecule has 2 heterocycles. The van der Waals surface area contributed by atoms with E-state index in [9.17, 15) is 0 Å². The van der Waals surface area contributed by atoms with E-state index < -0.39 is 0 Å². The van der Waals surface area contributed by atoms with Gasteiger partial charge in [-0.25, -0.2) is 0 Å². The first-order chi connectivity index (χ1) is 10.2. The Balaban J connectivity index is 1.50. The van der Waals surface area contributed by atoms with Crippen LogP contribution in [0.2, 0.25) is 0 Å². The third-order valence-electron chi connectivity index (χ3n) is 4.36. The number of nitrogens with one attached hydrogen (secondary N) is 1. The lowest BCUT2D eigenvalue weighted by Gasteiger charge is -2.43. The number of piperazine rings is 1. The molecule has 2 aliphatic rings. The third-order valence-corrected chi connectivity index (χ3v) is 4.36. The number of rotatable bonds is 5. The van der Waals surface area contributed by atoms with Gasteiger partial charge in [-0.2, -0.15) is 0 Å². The van der Waals surface area contributed by atoms with Crippen LogP contribution in [0.25, 0.3) is 0 Å². The molecule has 116 valence electrons. The zero-order valence-electron chi connectivity index (χ0n) is 13.2. The molecule has 2 saturated heterocycles. The zero-order valence-corrected chi connectivity index (χ0v) is 13.2. The minimum absolute atomic E-state index is 0.236. The Kier molecular flexibility index (Phi) is 4.78. The second-order valence-electron chi connectivity index (χ2n) is 6.44. The van der Waals surface area contributed by atoms with E-state index in [-0.39, 0.29) is 6.10 Å². The van der Waals surface area contributed by atoms with E-state index in [1.54, 1.807) is 0 Å². The van der Waals surface area contributed by atoms with E-state index >= 15 is 0 Å². The molecule has 0 aliphatic carbocycles. The minimum Gasteiger partial charge on any atom is -0.491 e. The summed E-state index contributed by atoms with van der Waals surface area (Å²) in [6.07, 6.45) is 0.236. The molecule has 0 aromatic heterocycles. The van der Waals surface area contributed by atoms with E-state index in [0.717, 1.165) is 18.3 Å². The van der Waals surface area contributed by atoms with Gasteiger partial charge in [0, 0.05) is 51.9 Å². The number of hydrogen-bond donors (Lipinski definition) is 1. The highest BCUT2D eigenvalue weighted by Crippen LogP contribution is 2.18. The van der Waals surface area contributed by atoms with Crippen molar-refractivity contribution in [3.8, 4) is 5.75 Å². The molecule has 1 aromatic rings. The summed E-state index contributed by atoms with van der Waals surface area (Å²) in [5.41, 5.74) is 1.35. The van der Waals surface area contributed by atoms with Crippen LogP contribution < -0.4 is 10.1 Å². The van der Waals surface area contributed by atoms with Gasteiger partial charge in [0.15, 0.2) is 0 Å². The van der Waals surface area contributed by atoms with Crippen molar-refractivity contribution < 1.29 is 4.74 Å². The van der Waals surface area contributed by atoms with Crippen LogP contribution in [0.5, 0.6) is 5.75 Å². The largest absolute Gasteiger partial charge is 0.491 e. The summed E-state index contributed by atoms with van der Waals surface area (Å²) in [6.45, 7) is 12.3. The maximum atomic E-state index is 5.78. The fourth-order valence-corrected chi connectivity index (χ4v) is 3.07. The normalized spacial score (nSPS) is 21.5. The molecule has 0 amide bonds. The molecule has 0 atom stereocenters. The summed E-state index contributed by atoms with van der Waals surface area (Å²) >= 11 is 0. The van der Waals surface area contributed by atoms with Crippen LogP contribution in [0.3, 0.4) is 0 Å². The number of benzene rings is 1. The molecule has 21 heavy (non-hydrogen) atoms. The Morgan fingerprint density at radius 1 is 1.19 bits per heavy atom. The standard InChI is InChI=1S/C17H27N3O/c1-14(2)21-17-5-3-4-15(10-17)13-19-6-8-20(9-7-19)16-11-18-12-16/h3-5,10,14,16,18H,6-9,11-13H2,1-2H3. The van der Waals surface area contributed by atoms with Crippen LogP contribution in [0, 0.1) is 0 Å². The Hall–Kier alpha value is -1.10. The highest BCUT2D eigenvalue weighted by atomic mass is 16.5. The van der Waals surface area contributed by atoms with Gasteiger partial charge in [-0.3, -0.25) is 9.80 Å². The molecule has 0 bridgehead atoms. The average molecular weight is 289 g/mol. The van der Waals surface area contributed by atoms with Crippen molar-refractivity contribution in [3.05, 3.63) is 29.8 Å². The minimum atomic E-state index is 0.236.